The van der Waals surface area contributed by atoms with Gasteiger partial charge in [-0.1, -0.05) is 16.7 Å². The van der Waals surface area contributed by atoms with Crippen LogP contribution in [0.25, 0.3) is 22.4 Å². The number of aromatic nitrogens is 7. The van der Waals surface area contributed by atoms with E-state index in [1.54, 1.807) is 32.6 Å². The number of amides is 1. The number of carbonyl (C=O) groups is 1. The number of aryl methyl sites for hydroxylation is 2. The molecule has 0 atom stereocenters. The quantitative estimate of drug-likeness (QED) is 0.358. The average molecular weight is 466 g/mol. The number of nitrogens with one attached hydrogen (secondary N) is 3. The summed E-state index contributed by atoms with van der Waals surface area (Å²) < 4.78 is 8.52. The van der Waals surface area contributed by atoms with Crippen molar-refractivity contribution in [2.45, 2.75) is 0 Å². The summed E-state index contributed by atoms with van der Waals surface area (Å²) in [4.78, 5) is 25.0. The number of halogens is 1. The molecule has 1 aromatic carbocycles. The summed E-state index contributed by atoms with van der Waals surface area (Å²) in [6.45, 7) is 0. The topological polar surface area (TPSA) is 149 Å². The van der Waals surface area contributed by atoms with Crippen LogP contribution in [-0.4, -0.2) is 40.6 Å². The molecule has 5 aromatic rings. The summed E-state index contributed by atoms with van der Waals surface area (Å²) in [5.74, 6) is -0.319. The third-order valence-corrected chi connectivity index (χ3v) is 5.28. The number of fused-ring (bicyclic) bond motifs is 1. The van der Waals surface area contributed by atoms with Gasteiger partial charge in [0.25, 0.3) is 17.4 Å². The molecule has 166 valence electrons. The number of anilines is 3. The van der Waals surface area contributed by atoms with Gasteiger partial charge in [0.15, 0.2) is 0 Å². The summed E-state index contributed by atoms with van der Waals surface area (Å²) in [5, 5.41) is 25.6. The molecule has 3 N–H and O–H groups in total. The third-order valence-electron chi connectivity index (χ3n) is 4.87. The SMILES string of the molecule is Cn1cc(C(=O)Nc2cc(-c3nnc(Nc4ccc5[nH]ncc5c4Cl)o3)cn(C)c2=O)cn1. The van der Waals surface area contributed by atoms with E-state index in [-0.39, 0.29) is 17.6 Å². The lowest BCUT2D eigenvalue weighted by atomic mass is 10.2. The summed E-state index contributed by atoms with van der Waals surface area (Å²) in [7, 11) is 3.25. The first-order chi connectivity index (χ1) is 15.9. The van der Waals surface area contributed by atoms with E-state index >= 15 is 0 Å². The fraction of sp³-hybridized carbons (Fsp3) is 0.100. The van der Waals surface area contributed by atoms with Crippen molar-refractivity contribution in [2.24, 2.45) is 14.1 Å². The zero-order valence-corrected chi connectivity index (χ0v) is 18.1. The molecule has 12 nitrogen and oxygen atoms in total. The van der Waals surface area contributed by atoms with E-state index in [9.17, 15) is 9.59 Å². The van der Waals surface area contributed by atoms with Gasteiger partial charge in [0, 0.05) is 31.9 Å². The van der Waals surface area contributed by atoms with Gasteiger partial charge in [0.1, 0.15) is 5.69 Å². The number of hydrogen-bond acceptors (Lipinski definition) is 8. The first-order valence-electron chi connectivity index (χ1n) is 9.62. The van der Waals surface area contributed by atoms with Crippen LogP contribution in [0.5, 0.6) is 0 Å². The lowest BCUT2D eigenvalue weighted by molar-refractivity contribution is 0.102. The molecule has 0 aliphatic heterocycles. The van der Waals surface area contributed by atoms with Crippen LogP contribution in [0.4, 0.5) is 17.4 Å². The van der Waals surface area contributed by atoms with Crippen LogP contribution in [-0.2, 0) is 14.1 Å². The summed E-state index contributed by atoms with van der Waals surface area (Å²) >= 11 is 6.42. The maximum atomic E-state index is 12.5. The van der Waals surface area contributed by atoms with E-state index in [0.717, 1.165) is 10.9 Å². The smallest absolute Gasteiger partial charge is 0.320 e. The van der Waals surface area contributed by atoms with Crippen molar-refractivity contribution in [2.75, 3.05) is 10.6 Å². The number of pyridine rings is 1. The van der Waals surface area contributed by atoms with Crippen LogP contribution in [0, 0.1) is 0 Å². The first-order valence-corrected chi connectivity index (χ1v) is 10.00. The summed E-state index contributed by atoms with van der Waals surface area (Å²) in [6, 6.07) is 5.14. The molecule has 0 radical (unpaired) electrons. The molecular weight excluding hydrogens is 450 g/mol. The highest BCUT2D eigenvalue weighted by Crippen LogP contribution is 2.32. The number of aromatic amines is 1. The standard InChI is InChI=1S/C20H16ClN9O3/c1-29-8-10(5-15(19(29)32)24-17(31)11-6-23-30(2)9-11)18-27-28-20(33-18)25-14-4-3-13-12(16(14)21)7-22-26-13/h3-9H,1-2H3,(H,22,26)(H,24,31)(H,25,28). The second-order valence-corrected chi connectivity index (χ2v) is 7.59. The Morgan fingerprint density at radius 2 is 2.00 bits per heavy atom. The zero-order chi connectivity index (χ0) is 23.1. The first kappa shape index (κ1) is 20.5. The Kier molecular flexibility index (Phi) is 4.90. The maximum Gasteiger partial charge on any atom is 0.320 e. The molecule has 0 spiro atoms. The highest BCUT2D eigenvalue weighted by molar-refractivity contribution is 6.38. The van der Waals surface area contributed by atoms with E-state index in [4.69, 9.17) is 16.0 Å². The largest absolute Gasteiger partial charge is 0.403 e. The molecule has 0 saturated carbocycles. The fourth-order valence-electron chi connectivity index (χ4n) is 3.24. The maximum absolute atomic E-state index is 12.5. The van der Waals surface area contributed by atoms with Gasteiger partial charge in [-0.2, -0.15) is 10.2 Å². The van der Waals surface area contributed by atoms with E-state index in [0.29, 0.717) is 21.8 Å². The Morgan fingerprint density at radius 3 is 2.79 bits per heavy atom. The van der Waals surface area contributed by atoms with Crippen molar-refractivity contribution in [3.05, 3.63) is 63.9 Å². The van der Waals surface area contributed by atoms with Crippen LogP contribution in [0.15, 0.2) is 52.2 Å². The zero-order valence-electron chi connectivity index (χ0n) is 17.3. The monoisotopic (exact) mass is 465 g/mol. The molecule has 0 fully saturated rings. The van der Waals surface area contributed by atoms with Crippen LogP contribution in [0.1, 0.15) is 10.4 Å². The van der Waals surface area contributed by atoms with Gasteiger partial charge in [-0.15, -0.1) is 5.10 Å². The number of rotatable bonds is 5. The second-order valence-electron chi connectivity index (χ2n) is 7.21. The molecule has 0 unspecified atom stereocenters. The van der Waals surface area contributed by atoms with Crippen molar-refractivity contribution in [1.82, 2.24) is 34.7 Å². The van der Waals surface area contributed by atoms with Crippen LogP contribution in [0.2, 0.25) is 5.02 Å². The van der Waals surface area contributed by atoms with Gasteiger partial charge in [-0.05, 0) is 18.2 Å². The van der Waals surface area contributed by atoms with Crippen molar-refractivity contribution in [3.8, 4) is 11.5 Å². The molecular formula is C20H16ClN9O3. The normalized spacial score (nSPS) is 11.1. The van der Waals surface area contributed by atoms with E-state index in [1.165, 1.54) is 27.7 Å². The predicted molar refractivity (Wildman–Crippen MR) is 121 cm³/mol. The third kappa shape index (κ3) is 3.83. The van der Waals surface area contributed by atoms with Gasteiger partial charge in [0.2, 0.25) is 0 Å². The molecule has 0 bridgehead atoms. The lowest BCUT2D eigenvalue weighted by Gasteiger charge is -2.07. The number of benzene rings is 1. The second kappa shape index (κ2) is 7.91. The number of H-pyrrole nitrogens is 1. The van der Waals surface area contributed by atoms with Crippen LogP contribution >= 0.6 is 11.6 Å². The molecule has 33 heavy (non-hydrogen) atoms. The lowest BCUT2D eigenvalue weighted by Crippen LogP contribution is -2.24. The fourth-order valence-corrected chi connectivity index (χ4v) is 3.50. The Morgan fingerprint density at radius 1 is 1.15 bits per heavy atom. The molecule has 0 saturated heterocycles. The van der Waals surface area contributed by atoms with Gasteiger partial charge in [0.05, 0.1) is 39.7 Å². The molecule has 4 aromatic heterocycles. The Balaban J connectivity index is 1.42. The van der Waals surface area contributed by atoms with Gasteiger partial charge >= 0.3 is 6.01 Å². The number of carbonyl (C=O) groups excluding carboxylic acids is 1. The molecule has 1 amide bonds. The summed E-state index contributed by atoms with van der Waals surface area (Å²) in [5.41, 5.74) is 1.78. The van der Waals surface area contributed by atoms with Gasteiger partial charge < -0.3 is 19.6 Å². The summed E-state index contributed by atoms with van der Waals surface area (Å²) in [6.07, 6.45) is 6.11. The van der Waals surface area contributed by atoms with Crippen molar-refractivity contribution in [1.29, 1.82) is 0 Å². The number of nitrogens with zero attached hydrogens (tertiary/aromatic N) is 6. The van der Waals surface area contributed by atoms with E-state index < -0.39 is 11.5 Å². The molecule has 4 heterocycles. The average Bonchev–Trinajstić information content (AvgIpc) is 3.54. The molecule has 0 aliphatic rings. The molecule has 5 rings (SSSR count). The predicted octanol–water partition coefficient (Wildman–Crippen LogP) is 2.69. The Labute approximate surface area is 190 Å². The van der Waals surface area contributed by atoms with Gasteiger partial charge in [-0.3, -0.25) is 19.4 Å². The minimum Gasteiger partial charge on any atom is -0.403 e. The van der Waals surface area contributed by atoms with Crippen molar-refractivity contribution < 1.29 is 9.21 Å². The highest BCUT2D eigenvalue weighted by Gasteiger charge is 2.17. The Bertz CT molecular complexity index is 1560. The van der Waals surface area contributed by atoms with Crippen LogP contribution in [0.3, 0.4) is 0 Å². The molecule has 0 aliphatic carbocycles. The number of hydrogen-bond donors (Lipinski definition) is 3. The molecule has 13 heteroatoms. The van der Waals surface area contributed by atoms with Gasteiger partial charge in [-0.25, -0.2) is 0 Å². The van der Waals surface area contributed by atoms with E-state index in [2.05, 4.69) is 36.1 Å². The van der Waals surface area contributed by atoms with Crippen molar-refractivity contribution >= 4 is 45.8 Å². The van der Waals surface area contributed by atoms with Crippen LogP contribution < -0.4 is 16.2 Å². The van der Waals surface area contributed by atoms with Crippen molar-refractivity contribution in [3.63, 3.8) is 0 Å². The minimum atomic E-state index is -0.463. The minimum absolute atomic E-state index is 0.0602. The Hall–Kier alpha value is -4.45. The van der Waals surface area contributed by atoms with E-state index in [1.807, 2.05) is 6.07 Å². The highest BCUT2D eigenvalue weighted by atomic mass is 35.5.